The van der Waals surface area contributed by atoms with Gasteiger partial charge in [0.05, 0.1) is 0 Å². The topological polar surface area (TPSA) is 43.1 Å². The summed E-state index contributed by atoms with van der Waals surface area (Å²) < 4.78 is 1.95. The van der Waals surface area contributed by atoms with Crippen LogP contribution in [0.3, 0.4) is 0 Å². The van der Waals surface area contributed by atoms with E-state index in [1.807, 2.05) is 41.1 Å². The van der Waals surface area contributed by atoms with Gasteiger partial charge >= 0.3 is 0 Å². The summed E-state index contributed by atoms with van der Waals surface area (Å²) in [5.41, 5.74) is 2.56. The molecule has 3 rings (SSSR count). The summed E-state index contributed by atoms with van der Waals surface area (Å²) >= 11 is 6.10. The van der Waals surface area contributed by atoms with Crippen LogP contribution in [0.5, 0.6) is 0 Å². The highest BCUT2D eigenvalue weighted by molar-refractivity contribution is 6.29. The van der Waals surface area contributed by atoms with Gasteiger partial charge in [-0.1, -0.05) is 31.5 Å². The van der Waals surface area contributed by atoms with Crippen LogP contribution in [0, 0.1) is 5.92 Å². The van der Waals surface area contributed by atoms with Crippen LogP contribution in [0.2, 0.25) is 5.15 Å². The Kier molecular flexibility index (Phi) is 3.40. The molecule has 0 amide bonds. The minimum Gasteiger partial charge on any atom is -0.306 e. The summed E-state index contributed by atoms with van der Waals surface area (Å²) in [6.07, 6.45) is 4.74. The molecule has 5 heteroatoms. The van der Waals surface area contributed by atoms with E-state index in [0.717, 1.165) is 23.5 Å². The Hall–Kier alpha value is -1.94. The van der Waals surface area contributed by atoms with E-state index in [1.165, 1.54) is 0 Å². The molecule has 0 N–H and O–H groups in total. The molecule has 0 radical (unpaired) electrons. The zero-order chi connectivity index (χ0) is 14.1. The fraction of sp³-hybridized carbons (Fsp3) is 0.267. The first-order valence-corrected chi connectivity index (χ1v) is 6.97. The van der Waals surface area contributed by atoms with Crippen molar-refractivity contribution in [3.05, 3.63) is 47.5 Å². The standard InChI is InChI=1S/C15H15ClN4/c1-10(2)7-11-8-13(16)19-15(17-11)12-9-20-6-4-3-5-14(20)18-12/h3-6,8-10H,7H2,1-2H3. The molecule has 0 aliphatic carbocycles. The van der Waals surface area contributed by atoms with Crippen molar-refractivity contribution in [3.8, 4) is 11.5 Å². The third kappa shape index (κ3) is 2.65. The highest BCUT2D eigenvalue weighted by Crippen LogP contribution is 2.19. The quantitative estimate of drug-likeness (QED) is 0.690. The molecule has 0 unspecified atom stereocenters. The van der Waals surface area contributed by atoms with Crippen LogP contribution < -0.4 is 0 Å². The Morgan fingerprint density at radius 1 is 1.20 bits per heavy atom. The van der Waals surface area contributed by atoms with E-state index in [-0.39, 0.29) is 0 Å². The molecule has 3 aromatic heterocycles. The Morgan fingerprint density at radius 3 is 2.80 bits per heavy atom. The molecule has 20 heavy (non-hydrogen) atoms. The normalized spacial score (nSPS) is 11.4. The van der Waals surface area contributed by atoms with Crippen LogP contribution in [-0.2, 0) is 6.42 Å². The van der Waals surface area contributed by atoms with E-state index in [0.29, 0.717) is 16.9 Å². The molecule has 3 aromatic rings. The first-order chi connectivity index (χ1) is 9.61. The predicted molar refractivity (Wildman–Crippen MR) is 79.8 cm³/mol. The molecule has 0 spiro atoms. The molecular weight excluding hydrogens is 272 g/mol. The Bertz CT molecular complexity index is 715. The summed E-state index contributed by atoms with van der Waals surface area (Å²) in [4.78, 5) is 13.4. The van der Waals surface area contributed by atoms with Crippen LogP contribution in [0.4, 0.5) is 0 Å². The van der Waals surface area contributed by atoms with Gasteiger partial charge in [-0.2, -0.15) is 0 Å². The van der Waals surface area contributed by atoms with Gasteiger partial charge in [0, 0.05) is 18.1 Å². The summed E-state index contributed by atoms with van der Waals surface area (Å²) in [7, 11) is 0. The molecule has 0 aromatic carbocycles. The minimum absolute atomic E-state index is 0.461. The molecular formula is C15H15ClN4. The van der Waals surface area contributed by atoms with Crippen molar-refractivity contribution in [2.45, 2.75) is 20.3 Å². The monoisotopic (exact) mass is 286 g/mol. The number of hydrogen-bond acceptors (Lipinski definition) is 3. The fourth-order valence-corrected chi connectivity index (χ4v) is 2.35. The summed E-state index contributed by atoms with van der Waals surface area (Å²) in [6.45, 7) is 4.31. The van der Waals surface area contributed by atoms with Gasteiger partial charge in [-0.05, 0) is 30.5 Å². The van der Waals surface area contributed by atoms with Crippen molar-refractivity contribution in [2.75, 3.05) is 0 Å². The van der Waals surface area contributed by atoms with Gasteiger partial charge in [0.2, 0.25) is 0 Å². The number of hydrogen-bond donors (Lipinski definition) is 0. The van der Waals surface area contributed by atoms with Crippen molar-refractivity contribution >= 4 is 17.2 Å². The zero-order valence-corrected chi connectivity index (χ0v) is 12.2. The molecule has 0 fully saturated rings. The van der Waals surface area contributed by atoms with Gasteiger partial charge in [-0.15, -0.1) is 0 Å². The number of rotatable bonds is 3. The van der Waals surface area contributed by atoms with Crippen LogP contribution in [-0.4, -0.2) is 19.4 Å². The van der Waals surface area contributed by atoms with E-state index < -0.39 is 0 Å². The molecule has 4 nitrogen and oxygen atoms in total. The number of nitrogens with zero attached hydrogens (tertiary/aromatic N) is 4. The number of imidazole rings is 1. The lowest BCUT2D eigenvalue weighted by molar-refractivity contribution is 0.634. The molecule has 0 aliphatic heterocycles. The molecule has 102 valence electrons. The molecule has 0 saturated heterocycles. The van der Waals surface area contributed by atoms with Gasteiger partial charge in [0.25, 0.3) is 0 Å². The Balaban J connectivity index is 2.06. The maximum atomic E-state index is 6.10. The van der Waals surface area contributed by atoms with E-state index >= 15 is 0 Å². The summed E-state index contributed by atoms with van der Waals surface area (Å²) in [6, 6.07) is 7.68. The van der Waals surface area contributed by atoms with E-state index in [9.17, 15) is 0 Å². The Labute approximate surface area is 122 Å². The SMILES string of the molecule is CC(C)Cc1cc(Cl)nc(-c2cn3ccccc3n2)n1. The lowest BCUT2D eigenvalue weighted by Crippen LogP contribution is -2.00. The van der Waals surface area contributed by atoms with Crippen LogP contribution >= 0.6 is 11.6 Å². The second-order valence-electron chi connectivity index (χ2n) is 5.20. The van der Waals surface area contributed by atoms with Crippen molar-refractivity contribution in [1.29, 1.82) is 0 Å². The number of aromatic nitrogens is 4. The smallest absolute Gasteiger partial charge is 0.181 e. The second-order valence-corrected chi connectivity index (χ2v) is 5.58. The largest absolute Gasteiger partial charge is 0.306 e. The highest BCUT2D eigenvalue weighted by atomic mass is 35.5. The van der Waals surface area contributed by atoms with Crippen LogP contribution in [0.25, 0.3) is 17.2 Å². The summed E-state index contributed by atoms with van der Waals surface area (Å²) in [5, 5.41) is 0.461. The Morgan fingerprint density at radius 2 is 2.05 bits per heavy atom. The second kappa shape index (κ2) is 5.21. The average Bonchev–Trinajstić information content (AvgIpc) is 2.80. The minimum atomic E-state index is 0.461. The first-order valence-electron chi connectivity index (χ1n) is 6.59. The predicted octanol–water partition coefficient (Wildman–Crippen LogP) is 3.64. The number of halogens is 1. The highest BCUT2D eigenvalue weighted by Gasteiger charge is 2.10. The zero-order valence-electron chi connectivity index (χ0n) is 11.4. The third-order valence-electron chi connectivity index (χ3n) is 2.96. The molecule has 3 heterocycles. The maximum absolute atomic E-state index is 6.10. The van der Waals surface area contributed by atoms with Crippen molar-refractivity contribution < 1.29 is 0 Å². The van der Waals surface area contributed by atoms with E-state index in [4.69, 9.17) is 11.6 Å². The van der Waals surface area contributed by atoms with E-state index in [1.54, 1.807) is 0 Å². The van der Waals surface area contributed by atoms with Gasteiger partial charge in [-0.3, -0.25) is 0 Å². The molecule has 0 bridgehead atoms. The number of fused-ring (bicyclic) bond motifs is 1. The first kappa shape index (κ1) is 13.1. The maximum Gasteiger partial charge on any atom is 0.181 e. The molecule has 0 aliphatic rings. The lowest BCUT2D eigenvalue weighted by atomic mass is 10.1. The van der Waals surface area contributed by atoms with Gasteiger partial charge in [0.1, 0.15) is 16.5 Å². The fourth-order valence-electron chi connectivity index (χ4n) is 2.14. The number of pyridine rings is 1. The van der Waals surface area contributed by atoms with Gasteiger partial charge in [-0.25, -0.2) is 15.0 Å². The average molecular weight is 287 g/mol. The molecule has 0 saturated carbocycles. The van der Waals surface area contributed by atoms with Crippen molar-refractivity contribution in [2.24, 2.45) is 5.92 Å². The third-order valence-corrected chi connectivity index (χ3v) is 3.15. The summed E-state index contributed by atoms with van der Waals surface area (Å²) in [5.74, 6) is 1.10. The van der Waals surface area contributed by atoms with Gasteiger partial charge in [0.15, 0.2) is 5.82 Å². The van der Waals surface area contributed by atoms with Crippen molar-refractivity contribution in [1.82, 2.24) is 19.4 Å². The van der Waals surface area contributed by atoms with E-state index in [2.05, 4.69) is 28.8 Å². The molecule has 0 atom stereocenters. The van der Waals surface area contributed by atoms with Crippen molar-refractivity contribution in [3.63, 3.8) is 0 Å². The lowest BCUT2D eigenvalue weighted by Gasteiger charge is -2.05. The van der Waals surface area contributed by atoms with Gasteiger partial charge < -0.3 is 4.40 Å². The van der Waals surface area contributed by atoms with Crippen LogP contribution in [0.15, 0.2) is 36.7 Å². The van der Waals surface area contributed by atoms with Crippen LogP contribution in [0.1, 0.15) is 19.5 Å².